The largest absolute Gasteiger partial charge is 0.310 e. The molecule has 0 saturated carbocycles. The van der Waals surface area contributed by atoms with E-state index in [9.17, 15) is 0 Å². The second-order valence-corrected chi connectivity index (χ2v) is 36.6. The third kappa shape index (κ3) is 21.5. The van der Waals surface area contributed by atoms with Gasteiger partial charge in [0.25, 0.3) is 0 Å². The van der Waals surface area contributed by atoms with Gasteiger partial charge in [-0.15, -0.1) is 0 Å². The highest BCUT2D eigenvalue weighted by Crippen LogP contribution is 2.50. The smallest absolute Gasteiger partial charge is 0.0540 e. The van der Waals surface area contributed by atoms with E-state index in [1.165, 1.54) is 150 Å². The van der Waals surface area contributed by atoms with Crippen molar-refractivity contribution < 1.29 is 0 Å². The van der Waals surface area contributed by atoms with E-state index in [0.717, 1.165) is 67.9 Å². The van der Waals surface area contributed by atoms with Crippen LogP contribution in [0.5, 0.6) is 0 Å². The summed E-state index contributed by atoms with van der Waals surface area (Å²) in [6.07, 6.45) is 0. The molecule has 0 radical (unpaired) electrons. The third-order valence-electron chi connectivity index (χ3n) is 27.1. The van der Waals surface area contributed by atoms with Crippen LogP contribution in [0.15, 0.2) is 637 Å². The number of anilines is 9. The number of para-hydroxylation sites is 3. The molecule has 0 saturated heterocycles. The van der Waals surface area contributed by atoms with E-state index in [2.05, 4.69) is 652 Å². The highest BCUT2D eigenvalue weighted by Gasteiger charge is 2.25. The van der Waals surface area contributed by atoms with E-state index in [4.69, 9.17) is 0 Å². The second kappa shape index (κ2) is 44.7. The molecular weight excluding hydrogens is 1770 g/mol. The summed E-state index contributed by atoms with van der Waals surface area (Å²) in [5.41, 5.74) is 45.6. The van der Waals surface area contributed by atoms with E-state index in [1.807, 2.05) is 0 Å². The minimum Gasteiger partial charge on any atom is -0.310 e. The molecule has 24 aromatic rings. The lowest BCUT2D eigenvalue weighted by Gasteiger charge is -2.29. The van der Waals surface area contributed by atoms with Crippen LogP contribution in [0.3, 0.4) is 0 Å². The Labute approximate surface area is 863 Å². The Kier molecular flexibility index (Phi) is 28.2. The Balaban J connectivity index is 0.000000125. The molecule has 0 spiro atoms. The molecule has 0 aromatic heterocycles. The predicted octanol–water partition coefficient (Wildman–Crippen LogP) is 40.5. The van der Waals surface area contributed by atoms with Crippen molar-refractivity contribution in [2.24, 2.45) is 0 Å². The molecule has 0 unspecified atom stereocenters. The van der Waals surface area contributed by atoms with Gasteiger partial charge < -0.3 is 14.7 Å². The average molecular weight is 1880 g/mol. The minimum atomic E-state index is 1.10. The number of hydrogen-bond acceptors (Lipinski definition) is 3. The summed E-state index contributed by atoms with van der Waals surface area (Å²) in [6, 6.07) is 228. The first-order valence-electron chi connectivity index (χ1n) is 50.3. The van der Waals surface area contributed by atoms with Gasteiger partial charge in [-0.25, -0.2) is 0 Å². The molecule has 0 heterocycles. The maximum Gasteiger partial charge on any atom is 0.0540 e. The van der Waals surface area contributed by atoms with Gasteiger partial charge in [0.15, 0.2) is 0 Å². The molecule has 0 N–H and O–H groups in total. The lowest BCUT2D eigenvalue weighted by molar-refractivity contribution is 1.28. The van der Waals surface area contributed by atoms with E-state index >= 15 is 0 Å². The molecule has 0 fully saturated rings. The molecule has 0 atom stereocenters. The maximum atomic E-state index is 2.41. The van der Waals surface area contributed by atoms with Gasteiger partial charge in [-0.3, -0.25) is 0 Å². The summed E-state index contributed by atoms with van der Waals surface area (Å²) in [6.45, 7) is 0. The summed E-state index contributed by atoms with van der Waals surface area (Å²) in [4.78, 5) is 7.21. The topological polar surface area (TPSA) is 9.72 Å². The molecule has 0 bridgehead atoms. The SMILES string of the molecule is c1ccc(-c2cc(-c3ccccc3)cc(-c3ccccc3N(c3cccc(-c4ccccc4)c3)c3cccc(-c4ccccc4)c3)c2)cc1.c1ccc(-c2cccc(-c3cccc(-c4ccccc4N(c4cccc(-c5ccccc5)c4)c4cccc(-c5ccccc5)c4)c3)c2)cc1.c1ccc(-c2cccc(N(c3cccc(-c4ccccc4)c3)c3ccccc3-c3ccc(-c4ccccc4)c(-c4ccccc4)c3)c2)cc1. The predicted molar refractivity (Wildman–Crippen MR) is 625 cm³/mol. The van der Waals surface area contributed by atoms with E-state index in [0.29, 0.717) is 0 Å². The van der Waals surface area contributed by atoms with Gasteiger partial charge in [0.1, 0.15) is 0 Å². The van der Waals surface area contributed by atoms with Gasteiger partial charge in [-0.05, 0) is 278 Å². The number of hydrogen-bond donors (Lipinski definition) is 0. The van der Waals surface area contributed by atoms with Crippen molar-refractivity contribution in [1.29, 1.82) is 0 Å². The molecule has 0 amide bonds. The van der Waals surface area contributed by atoms with Crippen molar-refractivity contribution >= 4 is 51.2 Å². The van der Waals surface area contributed by atoms with Crippen LogP contribution >= 0.6 is 0 Å². The van der Waals surface area contributed by atoms with Gasteiger partial charge in [0.2, 0.25) is 0 Å². The molecule has 147 heavy (non-hydrogen) atoms. The fourth-order valence-corrected chi connectivity index (χ4v) is 19.9. The molecule has 0 aliphatic rings. The van der Waals surface area contributed by atoms with Crippen molar-refractivity contribution in [1.82, 2.24) is 0 Å². The lowest BCUT2D eigenvalue weighted by Crippen LogP contribution is -2.11. The Morgan fingerprint density at radius 3 is 0.503 bits per heavy atom. The summed E-state index contributed by atoms with van der Waals surface area (Å²) in [5.74, 6) is 0. The van der Waals surface area contributed by atoms with Crippen LogP contribution in [-0.4, -0.2) is 0 Å². The van der Waals surface area contributed by atoms with Crippen LogP contribution in [0.4, 0.5) is 51.2 Å². The first kappa shape index (κ1) is 92.7. The van der Waals surface area contributed by atoms with Crippen molar-refractivity contribution in [3.63, 3.8) is 0 Å². The highest BCUT2D eigenvalue weighted by molar-refractivity contribution is 5.98. The fraction of sp³-hybridized carbons (Fsp3) is 0. The zero-order valence-electron chi connectivity index (χ0n) is 81.5. The molecule has 0 aliphatic carbocycles. The van der Waals surface area contributed by atoms with Gasteiger partial charge in [0, 0.05) is 50.8 Å². The number of nitrogens with zero attached hydrogens (tertiary/aromatic N) is 3. The van der Waals surface area contributed by atoms with Gasteiger partial charge in [-0.1, -0.05) is 510 Å². The van der Waals surface area contributed by atoms with Crippen molar-refractivity contribution in [3.8, 4) is 167 Å². The van der Waals surface area contributed by atoms with Gasteiger partial charge in [0.05, 0.1) is 17.1 Å². The molecule has 3 nitrogen and oxygen atoms in total. The highest BCUT2D eigenvalue weighted by atomic mass is 15.2. The van der Waals surface area contributed by atoms with Crippen molar-refractivity contribution in [2.75, 3.05) is 14.7 Å². The van der Waals surface area contributed by atoms with Crippen LogP contribution in [-0.2, 0) is 0 Å². The Hall–Kier alpha value is -19.3. The quantitative estimate of drug-likeness (QED) is 0.0597. The first-order chi connectivity index (χ1) is 72.9. The van der Waals surface area contributed by atoms with Crippen LogP contribution in [0.1, 0.15) is 0 Å². The molecular formula is C144H105N3. The Morgan fingerprint density at radius 2 is 0.238 bits per heavy atom. The zero-order valence-corrected chi connectivity index (χ0v) is 81.5. The normalized spacial score (nSPS) is 10.9. The molecule has 0 aliphatic heterocycles. The first-order valence-corrected chi connectivity index (χ1v) is 50.3. The van der Waals surface area contributed by atoms with Crippen molar-refractivity contribution in [3.05, 3.63) is 637 Å². The van der Waals surface area contributed by atoms with Crippen LogP contribution in [0, 0.1) is 0 Å². The number of rotatable bonds is 24. The summed E-state index contributed by atoms with van der Waals surface area (Å²) in [5, 5.41) is 0. The Morgan fingerprint density at radius 1 is 0.0748 bits per heavy atom. The number of benzene rings is 24. The maximum absolute atomic E-state index is 2.41. The summed E-state index contributed by atoms with van der Waals surface area (Å²) < 4.78 is 0. The monoisotopic (exact) mass is 1880 g/mol. The van der Waals surface area contributed by atoms with Crippen molar-refractivity contribution in [2.45, 2.75) is 0 Å². The Bertz CT molecular complexity index is 8240. The molecule has 24 rings (SSSR count). The zero-order chi connectivity index (χ0) is 98.5. The summed E-state index contributed by atoms with van der Waals surface area (Å²) in [7, 11) is 0. The molecule has 24 aromatic carbocycles. The third-order valence-corrected chi connectivity index (χ3v) is 27.1. The minimum absolute atomic E-state index is 1.10. The average Bonchev–Trinajstić information content (AvgIpc) is 0.768. The standard InChI is InChI=1S/3C48H35N/c1-5-17-36(18-6-1)40-25-15-27-45(34-40)49(46-28-16-26-41(35-46)37-19-7-2-8-20-37)48-30-14-13-29-47(48)44-32-42(38-21-9-3-10-22-38)31-43(33-44)39-23-11-4-12-24-39;1-5-17-36(18-6-1)40-25-15-27-43(33-40)49(44-28-16-26-41(34-44)37-19-7-2-8-20-37)48-30-14-13-29-46(48)42-31-32-45(38-21-9-3-10-22-38)47(35-42)39-23-11-4-12-24-39;1-4-16-36(17-5-1)39-22-12-23-40(32-39)41-24-13-27-44(33-41)47-30-10-11-31-48(47)49(45-28-14-25-42(34-45)37-18-6-2-7-19-37)46-29-15-26-43(35-46)38-20-8-3-9-21-38/h3*1-35H. The second-order valence-electron chi connectivity index (χ2n) is 36.6. The van der Waals surface area contributed by atoms with Gasteiger partial charge in [-0.2, -0.15) is 0 Å². The van der Waals surface area contributed by atoms with E-state index in [1.54, 1.807) is 0 Å². The molecule has 696 valence electrons. The van der Waals surface area contributed by atoms with E-state index < -0.39 is 0 Å². The fourth-order valence-electron chi connectivity index (χ4n) is 19.9. The molecule has 3 heteroatoms. The van der Waals surface area contributed by atoms with Crippen LogP contribution in [0.2, 0.25) is 0 Å². The summed E-state index contributed by atoms with van der Waals surface area (Å²) >= 11 is 0. The van der Waals surface area contributed by atoms with Crippen LogP contribution < -0.4 is 14.7 Å². The lowest BCUT2D eigenvalue weighted by atomic mass is 9.90. The van der Waals surface area contributed by atoms with Crippen LogP contribution in [0.25, 0.3) is 167 Å². The van der Waals surface area contributed by atoms with E-state index in [-0.39, 0.29) is 0 Å². The van der Waals surface area contributed by atoms with Gasteiger partial charge >= 0.3 is 0 Å².